The van der Waals surface area contributed by atoms with Gasteiger partial charge in [0.05, 0.1) is 0 Å². The van der Waals surface area contributed by atoms with Crippen LogP contribution in [0.4, 0.5) is 4.79 Å². The van der Waals surface area contributed by atoms with Crippen LogP contribution in [-0.4, -0.2) is 49.6 Å². The van der Waals surface area contributed by atoms with Gasteiger partial charge in [-0.15, -0.1) is 0 Å². The topological polar surface area (TPSA) is 32.8 Å². The summed E-state index contributed by atoms with van der Waals surface area (Å²) in [4.78, 5) is 16.4. The first-order chi connectivity index (χ1) is 14.0. The van der Waals surface area contributed by atoms with Gasteiger partial charge in [-0.1, -0.05) is 57.0 Å². The van der Waals surface area contributed by atoms with Crippen molar-refractivity contribution in [2.24, 2.45) is 11.8 Å². The summed E-state index contributed by atoms with van der Waals surface area (Å²) in [6.45, 7) is 5.49. The third-order valence-corrected chi connectivity index (χ3v) is 6.48. The Kier molecular flexibility index (Phi) is 10.9. The van der Waals surface area contributed by atoms with Crippen molar-refractivity contribution in [2.75, 3.05) is 33.7 Å². The number of unbranched alkanes of at least 4 members (excludes halogenated alkanes) is 2. The monoisotopic (exact) mass is 422 g/mol. The molecule has 0 spiro atoms. The van der Waals surface area contributed by atoms with Gasteiger partial charge in [-0.25, -0.2) is 4.79 Å². The van der Waals surface area contributed by atoms with Crippen molar-refractivity contribution in [2.45, 2.75) is 64.7 Å². The summed E-state index contributed by atoms with van der Waals surface area (Å²) in [5.41, 5.74) is 0. The zero-order chi connectivity index (χ0) is 21.1. The summed E-state index contributed by atoms with van der Waals surface area (Å²) >= 11 is 5.86. The van der Waals surface area contributed by atoms with Gasteiger partial charge in [-0.2, -0.15) is 0 Å². The third-order valence-electron chi connectivity index (χ3n) is 6.23. The van der Waals surface area contributed by atoms with E-state index in [4.69, 9.17) is 16.3 Å². The quantitative estimate of drug-likeness (QED) is 0.382. The molecule has 1 aromatic rings. The summed E-state index contributed by atoms with van der Waals surface area (Å²) in [5, 5.41) is 0.636. The normalized spacial score (nSPS) is 19.3. The van der Waals surface area contributed by atoms with E-state index in [9.17, 15) is 4.79 Å². The van der Waals surface area contributed by atoms with Crippen molar-refractivity contribution < 1.29 is 9.53 Å². The largest absolute Gasteiger partial charge is 0.414 e. The van der Waals surface area contributed by atoms with Crippen LogP contribution in [0.3, 0.4) is 0 Å². The van der Waals surface area contributed by atoms with E-state index in [0.717, 1.165) is 24.8 Å². The predicted octanol–water partition coefficient (Wildman–Crippen LogP) is 6.48. The van der Waals surface area contributed by atoms with Crippen LogP contribution in [0.2, 0.25) is 5.02 Å². The average molecular weight is 423 g/mol. The van der Waals surface area contributed by atoms with Gasteiger partial charge in [0.15, 0.2) is 0 Å². The van der Waals surface area contributed by atoms with E-state index >= 15 is 0 Å². The lowest BCUT2D eigenvalue weighted by Gasteiger charge is -2.30. The number of benzene rings is 1. The van der Waals surface area contributed by atoms with Gasteiger partial charge in [-0.05, 0) is 75.5 Å². The highest BCUT2D eigenvalue weighted by Crippen LogP contribution is 2.32. The zero-order valence-corrected chi connectivity index (χ0v) is 19.3. The summed E-state index contributed by atoms with van der Waals surface area (Å²) in [7, 11) is 4.08. The molecule has 0 unspecified atom stereocenters. The van der Waals surface area contributed by atoms with Gasteiger partial charge in [0.25, 0.3) is 0 Å². The maximum atomic E-state index is 12.2. The number of hydrogen-bond donors (Lipinski definition) is 0. The molecule has 29 heavy (non-hydrogen) atoms. The van der Waals surface area contributed by atoms with E-state index < -0.39 is 0 Å². The molecule has 1 fully saturated rings. The molecule has 0 heterocycles. The molecule has 0 N–H and O–H groups in total. The number of ether oxygens (including phenoxy) is 1. The second kappa shape index (κ2) is 13.1. The SMILES string of the molecule is CCCCCN(C)CC[C@H]1CC[C@H](CCN(C)C(=O)Oc2ccc(Cl)cc2)CC1. The Morgan fingerprint density at radius 1 is 0.966 bits per heavy atom. The summed E-state index contributed by atoms with van der Waals surface area (Å²) in [5.74, 6) is 2.15. The maximum Gasteiger partial charge on any atom is 0.414 e. The van der Waals surface area contributed by atoms with Crippen LogP contribution in [0.5, 0.6) is 5.75 Å². The van der Waals surface area contributed by atoms with E-state index in [0.29, 0.717) is 10.8 Å². The molecule has 1 aliphatic rings. The fourth-order valence-corrected chi connectivity index (χ4v) is 4.23. The smallest absolute Gasteiger partial charge is 0.410 e. The lowest BCUT2D eigenvalue weighted by molar-refractivity contribution is 0.155. The van der Waals surface area contributed by atoms with E-state index in [-0.39, 0.29) is 6.09 Å². The maximum absolute atomic E-state index is 12.2. The molecule has 1 saturated carbocycles. The van der Waals surface area contributed by atoms with E-state index in [2.05, 4.69) is 18.9 Å². The number of rotatable bonds is 11. The highest BCUT2D eigenvalue weighted by atomic mass is 35.5. The van der Waals surface area contributed by atoms with Crippen LogP contribution in [0.1, 0.15) is 64.7 Å². The Hall–Kier alpha value is -1.26. The van der Waals surface area contributed by atoms with Gasteiger partial charge in [0, 0.05) is 18.6 Å². The second-order valence-electron chi connectivity index (χ2n) is 8.72. The van der Waals surface area contributed by atoms with Gasteiger partial charge in [0.2, 0.25) is 0 Å². The average Bonchev–Trinajstić information content (AvgIpc) is 2.73. The Morgan fingerprint density at radius 2 is 1.55 bits per heavy atom. The van der Waals surface area contributed by atoms with Crippen LogP contribution < -0.4 is 4.74 Å². The molecular weight excluding hydrogens is 384 g/mol. The molecule has 0 radical (unpaired) electrons. The minimum Gasteiger partial charge on any atom is -0.410 e. The van der Waals surface area contributed by atoms with Crippen molar-refractivity contribution in [3.63, 3.8) is 0 Å². The lowest BCUT2D eigenvalue weighted by Crippen LogP contribution is -2.32. The zero-order valence-electron chi connectivity index (χ0n) is 18.5. The minimum atomic E-state index is -0.299. The highest BCUT2D eigenvalue weighted by Gasteiger charge is 2.22. The van der Waals surface area contributed by atoms with Gasteiger partial charge in [0.1, 0.15) is 5.75 Å². The molecule has 1 aromatic carbocycles. The molecular formula is C24H39ClN2O2. The van der Waals surface area contributed by atoms with Crippen molar-refractivity contribution in [1.29, 1.82) is 0 Å². The first-order valence-electron chi connectivity index (χ1n) is 11.3. The Labute approximate surface area is 182 Å². The fraction of sp³-hybridized carbons (Fsp3) is 0.708. The van der Waals surface area contributed by atoms with Gasteiger partial charge >= 0.3 is 6.09 Å². The Bertz CT molecular complexity index is 585. The summed E-state index contributed by atoms with van der Waals surface area (Å²) in [6.07, 6.45) is 11.3. The van der Waals surface area contributed by atoms with Gasteiger partial charge < -0.3 is 14.5 Å². The van der Waals surface area contributed by atoms with Crippen LogP contribution >= 0.6 is 11.6 Å². The van der Waals surface area contributed by atoms with Crippen molar-refractivity contribution >= 4 is 17.7 Å². The van der Waals surface area contributed by atoms with Crippen LogP contribution in [0, 0.1) is 11.8 Å². The first-order valence-corrected chi connectivity index (χ1v) is 11.7. The molecule has 0 saturated heterocycles. The second-order valence-corrected chi connectivity index (χ2v) is 9.15. The van der Waals surface area contributed by atoms with Crippen LogP contribution in [0.25, 0.3) is 0 Å². The highest BCUT2D eigenvalue weighted by molar-refractivity contribution is 6.30. The van der Waals surface area contributed by atoms with Crippen molar-refractivity contribution in [3.05, 3.63) is 29.3 Å². The van der Waals surface area contributed by atoms with E-state index in [1.54, 1.807) is 29.2 Å². The van der Waals surface area contributed by atoms with Gasteiger partial charge in [-0.3, -0.25) is 0 Å². The van der Waals surface area contributed by atoms with Crippen LogP contribution in [0.15, 0.2) is 24.3 Å². The van der Waals surface area contributed by atoms with Crippen molar-refractivity contribution in [1.82, 2.24) is 9.80 Å². The number of amides is 1. The minimum absolute atomic E-state index is 0.299. The standard InChI is InChI=1S/C24H39ClN2O2/c1-4-5-6-17-26(2)18-15-20-7-9-21(10-8-20)16-19-27(3)24(28)29-23-13-11-22(25)12-14-23/h11-14,20-21H,4-10,15-19H2,1-3H3/t20-,21-. The van der Waals surface area contributed by atoms with Crippen LogP contribution in [-0.2, 0) is 0 Å². The number of hydrogen-bond acceptors (Lipinski definition) is 3. The molecule has 0 aliphatic heterocycles. The molecule has 0 atom stereocenters. The number of nitrogens with zero attached hydrogens (tertiary/aromatic N) is 2. The summed E-state index contributed by atoms with van der Waals surface area (Å²) < 4.78 is 5.40. The lowest BCUT2D eigenvalue weighted by atomic mass is 9.79. The molecule has 1 aliphatic carbocycles. The van der Waals surface area contributed by atoms with E-state index in [1.165, 1.54) is 64.5 Å². The Morgan fingerprint density at radius 3 is 2.14 bits per heavy atom. The fourth-order valence-electron chi connectivity index (χ4n) is 4.10. The first kappa shape index (κ1) is 24.0. The summed E-state index contributed by atoms with van der Waals surface area (Å²) in [6, 6.07) is 6.89. The number of carbonyl (C=O) groups excluding carboxylic acids is 1. The number of halogens is 1. The predicted molar refractivity (Wildman–Crippen MR) is 122 cm³/mol. The molecule has 0 aromatic heterocycles. The molecule has 0 bridgehead atoms. The molecule has 1 amide bonds. The molecule has 2 rings (SSSR count). The number of carbonyl (C=O) groups is 1. The molecule has 4 nitrogen and oxygen atoms in total. The molecule has 5 heteroatoms. The van der Waals surface area contributed by atoms with E-state index in [1.807, 2.05) is 7.05 Å². The third kappa shape index (κ3) is 9.39. The van der Waals surface area contributed by atoms with Crippen molar-refractivity contribution in [3.8, 4) is 5.75 Å². The Balaban J connectivity index is 1.59. The molecule has 164 valence electrons.